The van der Waals surface area contributed by atoms with E-state index in [4.69, 9.17) is 16.3 Å². The minimum atomic E-state index is 0.654. The van der Waals surface area contributed by atoms with Gasteiger partial charge in [-0.25, -0.2) is 0 Å². The molecule has 0 aromatic heterocycles. The molecule has 0 heterocycles. The largest absolute Gasteiger partial charge is 0.494 e. The smallest absolute Gasteiger partial charge is 0.124 e. The van der Waals surface area contributed by atoms with Gasteiger partial charge in [-0.05, 0) is 48.4 Å². The van der Waals surface area contributed by atoms with Gasteiger partial charge in [-0.2, -0.15) is 0 Å². The van der Waals surface area contributed by atoms with E-state index in [0.29, 0.717) is 13.2 Å². The average Bonchev–Trinajstić information content (AvgIpc) is 2.57. The van der Waals surface area contributed by atoms with Crippen molar-refractivity contribution in [3.63, 3.8) is 0 Å². The van der Waals surface area contributed by atoms with E-state index >= 15 is 0 Å². The molecule has 0 aliphatic heterocycles. The van der Waals surface area contributed by atoms with Gasteiger partial charge in [0.1, 0.15) is 5.75 Å². The molecule has 0 bridgehead atoms. The molecule has 0 aliphatic rings. The van der Waals surface area contributed by atoms with E-state index in [1.54, 1.807) is 0 Å². The summed E-state index contributed by atoms with van der Waals surface area (Å²) in [6.45, 7) is 5.43. The maximum absolute atomic E-state index is 6.11. The van der Waals surface area contributed by atoms with Crippen molar-refractivity contribution in [3.05, 3.63) is 70.7 Å². The summed E-state index contributed by atoms with van der Waals surface area (Å²) in [6, 6.07) is 18.4. The van der Waals surface area contributed by atoms with Crippen LogP contribution in [0.3, 0.4) is 0 Å². The highest BCUT2D eigenvalue weighted by atomic mass is 35.5. The quantitative estimate of drug-likeness (QED) is 0.639. The fourth-order valence-corrected chi connectivity index (χ4v) is 2.93. The molecule has 3 rings (SSSR count). The maximum Gasteiger partial charge on any atom is 0.124 e. The van der Waals surface area contributed by atoms with Gasteiger partial charge in [-0.15, -0.1) is 0 Å². The number of halogens is 1. The molecule has 0 aliphatic carbocycles. The first-order chi connectivity index (χ1) is 11.2. The molecular formula is C20H20ClNO. The summed E-state index contributed by atoms with van der Waals surface area (Å²) < 4.78 is 5.82. The van der Waals surface area contributed by atoms with E-state index < -0.39 is 0 Å². The summed E-state index contributed by atoms with van der Waals surface area (Å²) >= 11 is 6.11. The van der Waals surface area contributed by atoms with Crippen molar-refractivity contribution in [2.75, 3.05) is 11.9 Å². The van der Waals surface area contributed by atoms with Gasteiger partial charge in [0.15, 0.2) is 0 Å². The Hall–Kier alpha value is -2.19. The zero-order valence-corrected chi connectivity index (χ0v) is 14.2. The summed E-state index contributed by atoms with van der Waals surface area (Å²) in [5.41, 5.74) is 3.39. The van der Waals surface area contributed by atoms with Crippen LogP contribution in [0.1, 0.15) is 18.1 Å². The third kappa shape index (κ3) is 3.43. The molecule has 3 aromatic rings. The lowest BCUT2D eigenvalue weighted by Gasteiger charge is -2.16. The Kier molecular flexibility index (Phi) is 4.73. The molecule has 0 saturated heterocycles. The number of rotatable bonds is 5. The summed E-state index contributed by atoms with van der Waals surface area (Å²) in [5, 5.41) is 6.67. The Balaban J connectivity index is 1.97. The summed E-state index contributed by atoms with van der Waals surface area (Å²) in [6.07, 6.45) is 0. The second kappa shape index (κ2) is 6.93. The second-order valence-electron chi connectivity index (χ2n) is 5.51. The van der Waals surface area contributed by atoms with Gasteiger partial charge in [0.25, 0.3) is 0 Å². The van der Waals surface area contributed by atoms with Crippen LogP contribution in [-0.2, 0) is 6.54 Å². The van der Waals surface area contributed by atoms with E-state index in [-0.39, 0.29) is 0 Å². The van der Waals surface area contributed by atoms with E-state index in [0.717, 1.165) is 16.5 Å². The van der Waals surface area contributed by atoms with E-state index in [1.165, 1.54) is 21.9 Å². The highest BCUT2D eigenvalue weighted by Gasteiger charge is 2.09. The van der Waals surface area contributed by atoms with Gasteiger partial charge in [0.05, 0.1) is 6.61 Å². The van der Waals surface area contributed by atoms with Crippen molar-refractivity contribution >= 4 is 28.1 Å². The molecule has 0 atom stereocenters. The van der Waals surface area contributed by atoms with Crippen LogP contribution in [0.4, 0.5) is 5.69 Å². The van der Waals surface area contributed by atoms with Crippen molar-refractivity contribution in [1.29, 1.82) is 0 Å². The lowest BCUT2D eigenvalue weighted by atomic mass is 10.0. The number of hydrogen-bond donors (Lipinski definition) is 1. The van der Waals surface area contributed by atoms with Crippen LogP contribution in [0.2, 0.25) is 5.02 Å². The first kappa shape index (κ1) is 15.7. The molecule has 0 unspecified atom stereocenters. The molecule has 2 nitrogen and oxygen atoms in total. The SMILES string of the molecule is CCOc1ccc2ccccc2c1CNc1cc(Cl)ccc1C. The lowest BCUT2D eigenvalue weighted by molar-refractivity contribution is 0.337. The maximum atomic E-state index is 6.11. The van der Waals surface area contributed by atoms with Crippen LogP contribution in [0, 0.1) is 6.92 Å². The normalized spacial score (nSPS) is 10.7. The standard InChI is InChI=1S/C20H20ClNO/c1-3-23-20-11-9-15-6-4-5-7-17(15)18(20)13-22-19-12-16(21)10-8-14(19)2/h4-12,22H,3,13H2,1-2H3. The second-order valence-corrected chi connectivity index (χ2v) is 5.95. The summed E-state index contributed by atoms with van der Waals surface area (Å²) in [5.74, 6) is 0.929. The Labute approximate surface area is 142 Å². The Morgan fingerprint density at radius 2 is 1.87 bits per heavy atom. The monoisotopic (exact) mass is 325 g/mol. The zero-order chi connectivity index (χ0) is 16.2. The van der Waals surface area contributed by atoms with E-state index in [2.05, 4.69) is 42.6 Å². The zero-order valence-electron chi connectivity index (χ0n) is 13.4. The summed E-state index contributed by atoms with van der Waals surface area (Å²) in [4.78, 5) is 0. The molecule has 1 N–H and O–H groups in total. The van der Waals surface area contributed by atoms with Crippen LogP contribution < -0.4 is 10.1 Å². The first-order valence-corrected chi connectivity index (χ1v) is 8.20. The Morgan fingerprint density at radius 3 is 2.70 bits per heavy atom. The number of anilines is 1. The lowest BCUT2D eigenvalue weighted by Crippen LogP contribution is -2.05. The molecule has 3 heteroatoms. The molecule has 23 heavy (non-hydrogen) atoms. The van der Waals surface area contributed by atoms with Gasteiger partial charge in [-0.3, -0.25) is 0 Å². The van der Waals surface area contributed by atoms with E-state index in [9.17, 15) is 0 Å². The predicted octanol–water partition coefficient (Wildman–Crippen LogP) is 5.81. The predicted molar refractivity (Wildman–Crippen MR) is 98.6 cm³/mol. The number of ether oxygens (including phenoxy) is 1. The minimum Gasteiger partial charge on any atom is -0.494 e. The number of nitrogens with one attached hydrogen (secondary N) is 1. The number of hydrogen-bond acceptors (Lipinski definition) is 2. The Morgan fingerprint density at radius 1 is 1.04 bits per heavy atom. The van der Waals surface area contributed by atoms with Crippen LogP contribution >= 0.6 is 11.6 Å². The fourth-order valence-electron chi connectivity index (χ4n) is 2.76. The van der Waals surface area contributed by atoms with Gasteiger partial charge < -0.3 is 10.1 Å². The first-order valence-electron chi connectivity index (χ1n) is 7.82. The third-order valence-electron chi connectivity index (χ3n) is 3.95. The average molecular weight is 326 g/mol. The van der Waals surface area contributed by atoms with Crippen LogP contribution in [0.5, 0.6) is 5.75 Å². The molecule has 3 aromatic carbocycles. The topological polar surface area (TPSA) is 21.3 Å². The van der Waals surface area contributed by atoms with Crippen molar-refractivity contribution in [1.82, 2.24) is 0 Å². The molecule has 0 fully saturated rings. The van der Waals surface area contributed by atoms with E-state index in [1.807, 2.05) is 31.2 Å². The number of benzene rings is 3. The molecule has 0 radical (unpaired) electrons. The van der Waals surface area contributed by atoms with Gasteiger partial charge in [-0.1, -0.05) is 48.0 Å². The molecule has 0 saturated carbocycles. The van der Waals surface area contributed by atoms with Crippen molar-refractivity contribution < 1.29 is 4.74 Å². The number of fused-ring (bicyclic) bond motifs is 1. The van der Waals surface area contributed by atoms with Gasteiger partial charge in [0, 0.05) is 22.8 Å². The fraction of sp³-hybridized carbons (Fsp3) is 0.200. The van der Waals surface area contributed by atoms with Gasteiger partial charge in [0.2, 0.25) is 0 Å². The third-order valence-corrected chi connectivity index (χ3v) is 4.19. The van der Waals surface area contributed by atoms with Crippen molar-refractivity contribution in [3.8, 4) is 5.75 Å². The van der Waals surface area contributed by atoms with Crippen LogP contribution in [0.15, 0.2) is 54.6 Å². The minimum absolute atomic E-state index is 0.654. The van der Waals surface area contributed by atoms with Crippen molar-refractivity contribution in [2.45, 2.75) is 20.4 Å². The van der Waals surface area contributed by atoms with Crippen LogP contribution in [-0.4, -0.2) is 6.61 Å². The highest BCUT2D eigenvalue weighted by Crippen LogP contribution is 2.30. The molecular weight excluding hydrogens is 306 g/mol. The van der Waals surface area contributed by atoms with Gasteiger partial charge >= 0.3 is 0 Å². The molecule has 118 valence electrons. The number of aryl methyl sites for hydroxylation is 1. The Bertz CT molecular complexity index is 829. The summed E-state index contributed by atoms with van der Waals surface area (Å²) in [7, 11) is 0. The molecule has 0 amide bonds. The highest BCUT2D eigenvalue weighted by molar-refractivity contribution is 6.30. The van der Waals surface area contributed by atoms with Crippen LogP contribution in [0.25, 0.3) is 10.8 Å². The molecule has 0 spiro atoms. The van der Waals surface area contributed by atoms with Crippen molar-refractivity contribution in [2.24, 2.45) is 0 Å².